The molecule has 0 aliphatic rings. The van der Waals surface area contributed by atoms with Crippen LogP contribution in [0.1, 0.15) is 55.8 Å². The summed E-state index contributed by atoms with van der Waals surface area (Å²) in [6, 6.07) is 7.59. The number of fused-ring (bicyclic) bond motifs is 2. The molecule has 2 aromatic heterocycles. The number of unbranched alkanes of at least 4 members (excludes halogenated alkanes) is 4. The number of carbonyl (C=O) groups is 1. The van der Waals surface area contributed by atoms with Gasteiger partial charge in [-0.25, -0.2) is 14.8 Å². The van der Waals surface area contributed by atoms with Crippen molar-refractivity contribution >= 4 is 34.0 Å². The van der Waals surface area contributed by atoms with Crippen molar-refractivity contribution in [2.24, 2.45) is 0 Å². The van der Waals surface area contributed by atoms with Gasteiger partial charge in [-0.3, -0.25) is 0 Å². The fraction of sp³-hybridized carbons (Fsp3) is 0.500. The van der Waals surface area contributed by atoms with Crippen molar-refractivity contribution in [2.45, 2.75) is 52.0 Å². The second kappa shape index (κ2) is 10.2. The van der Waals surface area contributed by atoms with E-state index in [1.54, 1.807) is 7.11 Å². The highest BCUT2D eigenvalue weighted by molar-refractivity contribution is 6.08. The molecule has 1 aromatic carbocycles. The molecule has 0 atom stereocenters. The number of esters is 1. The first-order chi connectivity index (χ1) is 14.2. The smallest absolute Gasteiger partial charge is 0.344 e. The van der Waals surface area contributed by atoms with Crippen molar-refractivity contribution in [3.8, 4) is 0 Å². The maximum Gasteiger partial charge on any atom is 0.344 e. The van der Waals surface area contributed by atoms with Gasteiger partial charge in [0.05, 0.1) is 17.6 Å². The van der Waals surface area contributed by atoms with Crippen LogP contribution >= 0.6 is 0 Å². The third-order valence-corrected chi connectivity index (χ3v) is 5.01. The number of methoxy groups -OCH3 is 1. The molecule has 2 N–H and O–H groups in total. The number of nitrogens with zero attached hydrogens (tertiary/aromatic N) is 3. The minimum Gasteiger partial charge on any atom is -0.462 e. The van der Waals surface area contributed by atoms with E-state index in [0.29, 0.717) is 42.3 Å². The van der Waals surface area contributed by atoms with Crippen LogP contribution < -0.4 is 5.73 Å². The van der Waals surface area contributed by atoms with Gasteiger partial charge < -0.3 is 19.8 Å². The number of aryl methyl sites for hydroxylation is 1. The number of nitrogen functional groups attached to an aromatic ring is 1. The molecule has 0 saturated heterocycles. The lowest BCUT2D eigenvalue weighted by Crippen LogP contribution is -2.11. The fourth-order valence-electron chi connectivity index (χ4n) is 3.45. The zero-order chi connectivity index (χ0) is 20.6. The summed E-state index contributed by atoms with van der Waals surface area (Å²) in [5.41, 5.74) is 9.27. The Labute approximate surface area is 171 Å². The van der Waals surface area contributed by atoms with Crippen LogP contribution in [0.3, 0.4) is 0 Å². The number of hydrogen-bond acceptors (Lipinski definition) is 6. The Bertz CT molecular complexity index is 967. The Morgan fingerprint density at radius 3 is 2.48 bits per heavy atom. The summed E-state index contributed by atoms with van der Waals surface area (Å²) >= 11 is 0. The normalized spacial score (nSPS) is 11.4. The summed E-state index contributed by atoms with van der Waals surface area (Å²) in [5.74, 6) is -0.0829. The Morgan fingerprint density at radius 2 is 1.76 bits per heavy atom. The SMILES string of the molecule is CCCCCCCOC(=O)c1c(N)n(CCCOC)c2nc3ccccc3nc12. The van der Waals surface area contributed by atoms with Crippen molar-refractivity contribution in [2.75, 3.05) is 26.1 Å². The zero-order valence-electron chi connectivity index (χ0n) is 17.3. The first-order valence-corrected chi connectivity index (χ1v) is 10.4. The highest BCUT2D eigenvalue weighted by atomic mass is 16.5. The van der Waals surface area contributed by atoms with E-state index in [9.17, 15) is 4.79 Å². The van der Waals surface area contributed by atoms with Gasteiger partial charge in [0, 0.05) is 20.3 Å². The maximum absolute atomic E-state index is 12.8. The number of hydrogen-bond donors (Lipinski definition) is 1. The van der Waals surface area contributed by atoms with Crippen molar-refractivity contribution in [3.63, 3.8) is 0 Å². The van der Waals surface area contributed by atoms with E-state index >= 15 is 0 Å². The molecule has 156 valence electrons. The van der Waals surface area contributed by atoms with E-state index in [2.05, 4.69) is 11.9 Å². The monoisotopic (exact) mass is 398 g/mol. The fourth-order valence-corrected chi connectivity index (χ4v) is 3.45. The maximum atomic E-state index is 12.8. The molecule has 7 heteroatoms. The number of nitrogens with two attached hydrogens (primary N) is 1. The first-order valence-electron chi connectivity index (χ1n) is 10.4. The van der Waals surface area contributed by atoms with Crippen LogP contribution in [0, 0.1) is 0 Å². The van der Waals surface area contributed by atoms with Gasteiger partial charge in [0.2, 0.25) is 0 Å². The Hall–Kier alpha value is -2.67. The number of anilines is 1. The summed E-state index contributed by atoms with van der Waals surface area (Å²) in [5, 5.41) is 0. The van der Waals surface area contributed by atoms with Gasteiger partial charge in [-0.1, -0.05) is 44.7 Å². The molecule has 3 aromatic rings. The van der Waals surface area contributed by atoms with Crippen molar-refractivity contribution in [1.29, 1.82) is 0 Å². The van der Waals surface area contributed by atoms with Gasteiger partial charge >= 0.3 is 5.97 Å². The lowest BCUT2D eigenvalue weighted by Gasteiger charge is -2.07. The second-order valence-electron chi connectivity index (χ2n) is 7.19. The topological polar surface area (TPSA) is 92.3 Å². The minimum atomic E-state index is -0.432. The summed E-state index contributed by atoms with van der Waals surface area (Å²) < 4.78 is 12.5. The van der Waals surface area contributed by atoms with Gasteiger partial charge in [-0.15, -0.1) is 0 Å². The molecule has 0 aliphatic carbocycles. The minimum absolute atomic E-state index is 0.309. The van der Waals surface area contributed by atoms with Gasteiger partial charge in [0.15, 0.2) is 5.65 Å². The number of aromatic nitrogens is 3. The lowest BCUT2D eigenvalue weighted by molar-refractivity contribution is 0.0501. The largest absolute Gasteiger partial charge is 0.462 e. The Balaban J connectivity index is 1.89. The molecule has 0 saturated carbocycles. The van der Waals surface area contributed by atoms with E-state index in [1.807, 2.05) is 28.8 Å². The molecule has 0 unspecified atom stereocenters. The third-order valence-electron chi connectivity index (χ3n) is 5.01. The molecule has 0 radical (unpaired) electrons. The highest BCUT2D eigenvalue weighted by Gasteiger charge is 2.24. The number of rotatable bonds is 11. The zero-order valence-corrected chi connectivity index (χ0v) is 17.3. The average molecular weight is 399 g/mol. The van der Waals surface area contributed by atoms with Gasteiger partial charge in [0.1, 0.15) is 16.9 Å². The molecule has 2 heterocycles. The predicted octanol–water partition coefficient (Wildman–Crippen LogP) is 4.33. The van der Waals surface area contributed by atoms with E-state index in [1.165, 1.54) is 12.8 Å². The molecule has 0 aliphatic heterocycles. The summed E-state index contributed by atoms with van der Waals surface area (Å²) in [6.45, 7) is 3.75. The Morgan fingerprint density at radius 1 is 1.03 bits per heavy atom. The molecule has 0 spiro atoms. The van der Waals surface area contributed by atoms with E-state index < -0.39 is 5.97 Å². The third kappa shape index (κ3) is 4.85. The van der Waals surface area contributed by atoms with Gasteiger partial charge in [0.25, 0.3) is 0 Å². The number of carbonyl (C=O) groups excluding carboxylic acids is 1. The molecule has 29 heavy (non-hydrogen) atoms. The predicted molar refractivity (Wildman–Crippen MR) is 115 cm³/mol. The van der Waals surface area contributed by atoms with E-state index in [4.69, 9.17) is 20.2 Å². The first kappa shape index (κ1) is 21.0. The van der Waals surface area contributed by atoms with Crippen LogP contribution in [-0.4, -0.2) is 40.8 Å². The van der Waals surface area contributed by atoms with Gasteiger partial charge in [-0.05, 0) is 25.0 Å². The molecule has 0 bridgehead atoms. The number of ether oxygens (including phenoxy) is 2. The summed E-state index contributed by atoms with van der Waals surface area (Å²) in [4.78, 5) is 22.2. The Kier molecular flexibility index (Phi) is 7.41. The molecule has 3 rings (SSSR count). The van der Waals surface area contributed by atoms with Crippen LogP contribution in [0.25, 0.3) is 22.2 Å². The van der Waals surface area contributed by atoms with Crippen LogP contribution in [0.2, 0.25) is 0 Å². The van der Waals surface area contributed by atoms with Crippen LogP contribution in [0.5, 0.6) is 0 Å². The molecule has 0 fully saturated rings. The van der Waals surface area contributed by atoms with Crippen LogP contribution in [0.15, 0.2) is 24.3 Å². The summed E-state index contributed by atoms with van der Waals surface area (Å²) in [7, 11) is 1.66. The van der Waals surface area contributed by atoms with Crippen LogP contribution in [0.4, 0.5) is 5.82 Å². The summed E-state index contributed by atoms with van der Waals surface area (Å²) in [6.07, 6.45) is 6.22. The number of benzene rings is 1. The van der Waals surface area contributed by atoms with Crippen molar-refractivity contribution in [3.05, 3.63) is 29.8 Å². The van der Waals surface area contributed by atoms with Crippen molar-refractivity contribution in [1.82, 2.24) is 14.5 Å². The van der Waals surface area contributed by atoms with Gasteiger partial charge in [-0.2, -0.15) is 0 Å². The van der Waals surface area contributed by atoms with E-state index in [-0.39, 0.29) is 0 Å². The standard InChI is InChI=1S/C22H30N4O3/c1-3-4-5-6-9-15-29-22(27)18-19-21(26(20(18)23)13-10-14-28-2)25-17-12-8-7-11-16(17)24-19/h7-8,11-12H,3-6,9-10,13-15,23H2,1-2H3. The molecule has 7 nitrogen and oxygen atoms in total. The lowest BCUT2D eigenvalue weighted by atomic mass is 10.2. The molecular formula is C22H30N4O3. The van der Waals surface area contributed by atoms with Crippen molar-refractivity contribution < 1.29 is 14.3 Å². The number of para-hydroxylation sites is 2. The average Bonchev–Trinajstić information content (AvgIpc) is 2.99. The molecular weight excluding hydrogens is 368 g/mol. The highest BCUT2D eigenvalue weighted by Crippen LogP contribution is 2.28. The van der Waals surface area contributed by atoms with Crippen LogP contribution in [-0.2, 0) is 16.0 Å². The second-order valence-corrected chi connectivity index (χ2v) is 7.19. The molecule has 0 amide bonds. The van der Waals surface area contributed by atoms with E-state index in [0.717, 1.165) is 36.7 Å². The quantitative estimate of drug-likeness (QED) is 0.382.